The van der Waals surface area contributed by atoms with E-state index >= 15 is 0 Å². The second-order valence-corrected chi connectivity index (χ2v) is 10.6. The van der Waals surface area contributed by atoms with Crippen molar-refractivity contribution in [3.05, 3.63) is 54.5 Å². The lowest BCUT2D eigenvalue weighted by Gasteiger charge is -2.32. The second kappa shape index (κ2) is 12.8. The van der Waals surface area contributed by atoms with Crippen LogP contribution in [0.3, 0.4) is 0 Å². The van der Waals surface area contributed by atoms with E-state index in [0.29, 0.717) is 19.7 Å². The van der Waals surface area contributed by atoms with E-state index < -0.39 is 0 Å². The zero-order valence-corrected chi connectivity index (χ0v) is 23.0. The molecule has 0 saturated carbocycles. The number of likely N-dealkylation sites (tertiary alicyclic amines) is 1. The highest BCUT2D eigenvalue weighted by Gasteiger charge is 2.26. The Labute approximate surface area is 235 Å². The predicted molar refractivity (Wildman–Crippen MR) is 154 cm³/mol. The van der Waals surface area contributed by atoms with Gasteiger partial charge in [-0.3, -0.25) is 4.90 Å². The monoisotopic (exact) mass is 546 g/mol. The van der Waals surface area contributed by atoms with Crippen LogP contribution >= 0.6 is 0 Å². The van der Waals surface area contributed by atoms with E-state index in [1.807, 2.05) is 29.2 Å². The number of nitrogens with one attached hydrogen (secondary N) is 1. The lowest BCUT2D eigenvalue weighted by Crippen LogP contribution is -2.40. The van der Waals surface area contributed by atoms with Gasteiger partial charge in [0.1, 0.15) is 18.7 Å². The molecule has 1 N–H and O–H groups in total. The second-order valence-electron chi connectivity index (χ2n) is 10.6. The van der Waals surface area contributed by atoms with Crippen LogP contribution in [0.2, 0.25) is 0 Å². The van der Waals surface area contributed by atoms with E-state index in [1.54, 1.807) is 6.33 Å². The third-order valence-corrected chi connectivity index (χ3v) is 8.08. The third-order valence-electron chi connectivity index (χ3n) is 8.08. The van der Waals surface area contributed by atoms with Gasteiger partial charge in [0.25, 0.3) is 0 Å². The standard InChI is InChI=1S/C30H38N6O4/c37-30(33-24-1-3-25(4-2-24)35-14-18-39-19-15-35)36-9-7-23(8-10-36)29-27-6-5-26(21-28(27)31-22-32-29)40-20-13-34-11-16-38-17-12-34/h1-6,21-23H,7-20H2,(H,33,37). The van der Waals surface area contributed by atoms with Gasteiger partial charge < -0.3 is 29.3 Å². The van der Waals surface area contributed by atoms with Gasteiger partial charge in [-0.05, 0) is 49.2 Å². The number of carbonyl (C=O) groups excluding carboxylic acids is 1. The lowest BCUT2D eigenvalue weighted by atomic mass is 9.91. The number of aromatic nitrogens is 2. The van der Waals surface area contributed by atoms with Gasteiger partial charge in [0.2, 0.25) is 0 Å². The fourth-order valence-corrected chi connectivity index (χ4v) is 5.73. The Morgan fingerprint density at radius 2 is 1.62 bits per heavy atom. The van der Waals surface area contributed by atoms with Crippen LogP contribution < -0.4 is 15.0 Å². The van der Waals surface area contributed by atoms with Crippen LogP contribution in [-0.2, 0) is 9.47 Å². The number of carbonyl (C=O) groups is 1. The van der Waals surface area contributed by atoms with Gasteiger partial charge in [0.15, 0.2) is 0 Å². The van der Waals surface area contributed by atoms with Crippen LogP contribution in [0.4, 0.5) is 16.2 Å². The van der Waals surface area contributed by atoms with Gasteiger partial charge in [-0.2, -0.15) is 0 Å². The number of fused-ring (bicyclic) bond motifs is 1. The minimum Gasteiger partial charge on any atom is -0.492 e. The first-order valence-electron chi connectivity index (χ1n) is 14.4. The molecule has 0 bridgehead atoms. The Kier molecular flexibility index (Phi) is 8.56. The molecule has 0 unspecified atom stereocenters. The first-order chi connectivity index (χ1) is 19.7. The summed E-state index contributed by atoms with van der Waals surface area (Å²) < 4.78 is 16.9. The number of rotatable bonds is 7. The molecular formula is C30H38N6O4. The smallest absolute Gasteiger partial charge is 0.321 e. The van der Waals surface area contributed by atoms with Crippen molar-refractivity contribution in [2.75, 3.05) is 89.1 Å². The molecule has 2 aromatic carbocycles. The maximum atomic E-state index is 13.0. The Balaban J connectivity index is 1.01. The number of urea groups is 1. The van der Waals surface area contributed by atoms with Crippen molar-refractivity contribution >= 4 is 28.3 Å². The number of hydrogen-bond acceptors (Lipinski definition) is 8. The van der Waals surface area contributed by atoms with Crippen molar-refractivity contribution in [3.63, 3.8) is 0 Å². The van der Waals surface area contributed by atoms with E-state index in [4.69, 9.17) is 14.2 Å². The number of hydrogen-bond donors (Lipinski definition) is 1. The molecule has 0 atom stereocenters. The van der Waals surface area contributed by atoms with Crippen molar-refractivity contribution in [1.29, 1.82) is 0 Å². The van der Waals surface area contributed by atoms with Crippen molar-refractivity contribution in [1.82, 2.24) is 19.8 Å². The highest BCUT2D eigenvalue weighted by atomic mass is 16.5. The summed E-state index contributed by atoms with van der Waals surface area (Å²) in [6.07, 6.45) is 3.38. The SMILES string of the molecule is O=C(Nc1ccc(N2CCOCC2)cc1)N1CCC(c2ncnc3cc(OCCN4CCOCC4)ccc23)CC1. The van der Waals surface area contributed by atoms with Gasteiger partial charge >= 0.3 is 6.03 Å². The van der Waals surface area contributed by atoms with Crippen LogP contribution in [0.15, 0.2) is 48.8 Å². The van der Waals surface area contributed by atoms with Gasteiger partial charge in [0.05, 0.1) is 37.6 Å². The summed E-state index contributed by atoms with van der Waals surface area (Å²) in [7, 11) is 0. The summed E-state index contributed by atoms with van der Waals surface area (Å²) >= 11 is 0. The van der Waals surface area contributed by atoms with Crippen LogP contribution in [-0.4, -0.2) is 105 Å². The zero-order chi connectivity index (χ0) is 27.1. The zero-order valence-electron chi connectivity index (χ0n) is 23.0. The number of ether oxygens (including phenoxy) is 3. The summed E-state index contributed by atoms with van der Waals surface area (Å²) in [5.74, 6) is 1.12. The summed E-state index contributed by atoms with van der Waals surface area (Å²) in [5, 5.41) is 4.13. The van der Waals surface area contributed by atoms with Crippen LogP contribution in [0.5, 0.6) is 5.75 Å². The van der Waals surface area contributed by atoms with Crippen LogP contribution in [0.25, 0.3) is 10.9 Å². The van der Waals surface area contributed by atoms with Crippen molar-refractivity contribution in [2.24, 2.45) is 0 Å². The number of amides is 2. The average Bonchev–Trinajstić information content (AvgIpc) is 3.02. The quantitative estimate of drug-likeness (QED) is 0.481. The van der Waals surface area contributed by atoms with E-state index in [9.17, 15) is 4.79 Å². The molecule has 40 heavy (non-hydrogen) atoms. The molecule has 10 heteroatoms. The van der Waals surface area contributed by atoms with Crippen molar-refractivity contribution in [2.45, 2.75) is 18.8 Å². The third kappa shape index (κ3) is 6.46. The van der Waals surface area contributed by atoms with E-state index in [-0.39, 0.29) is 11.9 Å². The predicted octanol–water partition coefficient (Wildman–Crippen LogP) is 3.59. The van der Waals surface area contributed by atoms with E-state index in [2.05, 4.69) is 43.3 Å². The minimum atomic E-state index is -0.0519. The summed E-state index contributed by atoms with van der Waals surface area (Å²) in [6, 6.07) is 14.1. The largest absolute Gasteiger partial charge is 0.492 e. The van der Waals surface area contributed by atoms with Gasteiger partial charge in [0, 0.05) is 74.6 Å². The molecule has 1 aromatic heterocycles. The van der Waals surface area contributed by atoms with Gasteiger partial charge in [-0.1, -0.05) is 0 Å². The molecular weight excluding hydrogens is 508 g/mol. The number of nitrogens with zero attached hydrogens (tertiary/aromatic N) is 5. The molecule has 2 amide bonds. The Morgan fingerprint density at radius 3 is 2.38 bits per heavy atom. The van der Waals surface area contributed by atoms with E-state index in [1.165, 1.54) is 0 Å². The fraction of sp³-hybridized carbons (Fsp3) is 0.500. The maximum absolute atomic E-state index is 13.0. The molecule has 212 valence electrons. The average molecular weight is 547 g/mol. The first-order valence-corrected chi connectivity index (χ1v) is 14.4. The van der Waals surface area contributed by atoms with Gasteiger partial charge in [-0.15, -0.1) is 0 Å². The van der Waals surface area contributed by atoms with E-state index in [0.717, 1.165) is 106 Å². The number of piperidine rings is 1. The van der Waals surface area contributed by atoms with Crippen LogP contribution in [0, 0.1) is 0 Å². The molecule has 6 rings (SSSR count). The fourth-order valence-electron chi connectivity index (χ4n) is 5.73. The Morgan fingerprint density at radius 1 is 0.900 bits per heavy atom. The summed E-state index contributed by atoms with van der Waals surface area (Å²) in [5.41, 5.74) is 3.93. The Bertz CT molecular complexity index is 1270. The number of morpholine rings is 2. The molecule has 3 saturated heterocycles. The highest BCUT2D eigenvalue weighted by molar-refractivity contribution is 5.89. The van der Waals surface area contributed by atoms with Crippen molar-refractivity contribution in [3.8, 4) is 5.75 Å². The molecule has 0 aliphatic carbocycles. The number of anilines is 2. The Hall–Kier alpha value is -3.47. The maximum Gasteiger partial charge on any atom is 0.321 e. The molecule has 10 nitrogen and oxygen atoms in total. The summed E-state index contributed by atoms with van der Waals surface area (Å²) in [4.78, 5) is 28.7. The topological polar surface area (TPSA) is 92.3 Å². The minimum absolute atomic E-state index is 0.0519. The van der Waals surface area contributed by atoms with Crippen LogP contribution in [0.1, 0.15) is 24.5 Å². The molecule has 3 aliphatic rings. The van der Waals surface area contributed by atoms with Gasteiger partial charge in [-0.25, -0.2) is 14.8 Å². The first kappa shape index (κ1) is 26.7. The molecule has 0 spiro atoms. The highest BCUT2D eigenvalue weighted by Crippen LogP contribution is 2.32. The lowest BCUT2D eigenvalue weighted by molar-refractivity contribution is 0.0322. The molecule has 3 aromatic rings. The molecule has 3 fully saturated rings. The molecule has 0 radical (unpaired) electrons. The summed E-state index contributed by atoms with van der Waals surface area (Å²) in [6.45, 7) is 9.72. The molecule has 3 aliphatic heterocycles. The normalized spacial score (nSPS) is 19.1. The number of benzene rings is 2. The molecule has 4 heterocycles. The van der Waals surface area contributed by atoms with Crippen molar-refractivity contribution < 1.29 is 19.0 Å².